The average Bonchev–Trinajstić information content (AvgIpc) is 3.31. The first-order valence-corrected chi connectivity index (χ1v) is 13.7. The van der Waals surface area contributed by atoms with Crippen LogP contribution >= 0.6 is 0 Å². The van der Waals surface area contributed by atoms with Gasteiger partial charge in [0.05, 0.1) is 49.3 Å². The Labute approximate surface area is 242 Å². The van der Waals surface area contributed by atoms with Gasteiger partial charge in [-0.05, 0) is 38.8 Å². The molecule has 2 atom stereocenters. The van der Waals surface area contributed by atoms with Crippen molar-refractivity contribution >= 4 is 12.0 Å². The summed E-state index contributed by atoms with van der Waals surface area (Å²) in [4.78, 5) is 20.6. The number of halogens is 3. The van der Waals surface area contributed by atoms with Crippen LogP contribution in [-0.4, -0.2) is 57.4 Å². The molecule has 1 aliphatic heterocycles. The second-order valence-electron chi connectivity index (χ2n) is 10.6. The molecule has 4 rings (SSSR count). The Morgan fingerprint density at radius 1 is 1.24 bits per heavy atom. The number of alkyl halides is 3. The van der Waals surface area contributed by atoms with Crippen LogP contribution in [0.5, 0.6) is 6.01 Å². The van der Waals surface area contributed by atoms with E-state index < -0.39 is 29.7 Å². The highest BCUT2D eigenvalue weighted by Gasteiger charge is 2.36. The molecule has 0 bridgehead atoms. The Bertz CT molecular complexity index is 1430. The van der Waals surface area contributed by atoms with Crippen LogP contribution < -0.4 is 4.74 Å². The zero-order chi connectivity index (χ0) is 30.7. The third-order valence-corrected chi connectivity index (χ3v) is 6.54. The number of carbonyl (C=O) groups is 1. The molecule has 12 heteroatoms. The van der Waals surface area contributed by atoms with E-state index in [9.17, 15) is 18.0 Å². The number of rotatable bonds is 9. The van der Waals surface area contributed by atoms with Crippen LogP contribution in [0.3, 0.4) is 0 Å². The van der Waals surface area contributed by atoms with Gasteiger partial charge in [-0.3, -0.25) is 4.79 Å². The molecule has 42 heavy (non-hydrogen) atoms. The van der Waals surface area contributed by atoms with Gasteiger partial charge in [-0.1, -0.05) is 38.1 Å². The van der Waals surface area contributed by atoms with E-state index in [1.54, 1.807) is 39.0 Å². The molecule has 3 aromatic rings. The first-order chi connectivity index (χ1) is 19.8. The number of carbonyl (C=O) groups excluding carboxylic acids is 1. The smallest absolute Gasteiger partial charge is 0.416 e. The monoisotopic (exact) mass is 588 g/mol. The molecule has 1 saturated heterocycles. The van der Waals surface area contributed by atoms with Crippen molar-refractivity contribution in [2.45, 2.75) is 77.5 Å². The molecule has 1 aromatic carbocycles. The molecule has 1 aliphatic rings. The van der Waals surface area contributed by atoms with E-state index in [1.807, 2.05) is 19.9 Å². The van der Waals surface area contributed by atoms with Crippen molar-refractivity contribution in [1.29, 1.82) is 0 Å². The van der Waals surface area contributed by atoms with Gasteiger partial charge < -0.3 is 18.9 Å². The standard InChI is InChI=1S/C30H35F3N4O5/c1-7-40-25(38)17-22-16-21(41-29(4,5)42-22)11-12-23-26(18(2)3)36-37(24-13-14-34-28(35-24)39-6)27(23)19-9-8-10-20(15-19)30(31,32)33/h8-15,18,21-22H,7,16-17H2,1-6H3/t21-,22-/m1/s1. The van der Waals surface area contributed by atoms with Crippen LogP contribution in [-0.2, 0) is 25.2 Å². The molecule has 3 heterocycles. The largest absolute Gasteiger partial charge is 0.467 e. The lowest BCUT2D eigenvalue weighted by Gasteiger charge is -2.39. The predicted molar refractivity (Wildman–Crippen MR) is 149 cm³/mol. The average molecular weight is 589 g/mol. The Morgan fingerprint density at radius 2 is 2.00 bits per heavy atom. The summed E-state index contributed by atoms with van der Waals surface area (Å²) in [5, 5.41) is 4.80. The Kier molecular flexibility index (Phi) is 9.37. The van der Waals surface area contributed by atoms with Crippen molar-refractivity contribution in [3.63, 3.8) is 0 Å². The third-order valence-electron chi connectivity index (χ3n) is 6.54. The summed E-state index contributed by atoms with van der Waals surface area (Å²) in [5.74, 6) is -1.10. The normalized spacial score (nSPS) is 18.9. The minimum Gasteiger partial charge on any atom is -0.467 e. The molecule has 1 fully saturated rings. The van der Waals surface area contributed by atoms with Crippen molar-refractivity contribution < 1.29 is 36.9 Å². The highest BCUT2D eigenvalue weighted by atomic mass is 19.4. The van der Waals surface area contributed by atoms with E-state index in [0.29, 0.717) is 34.8 Å². The number of benzene rings is 1. The van der Waals surface area contributed by atoms with E-state index in [0.717, 1.165) is 12.1 Å². The van der Waals surface area contributed by atoms with Gasteiger partial charge in [0.1, 0.15) is 0 Å². The van der Waals surface area contributed by atoms with Crippen molar-refractivity contribution in [3.05, 3.63) is 59.4 Å². The SMILES string of the molecule is CCOC(=O)C[C@H]1C[C@@H](C=Cc2c(C(C)C)nn(-c3ccnc(OC)n3)c2-c2cccc(C(F)(F)F)c2)OC(C)(C)O1. The Balaban J connectivity index is 1.84. The summed E-state index contributed by atoms with van der Waals surface area (Å²) in [6.07, 6.45) is 0.150. The molecule has 0 unspecified atom stereocenters. The molecule has 0 N–H and O–H groups in total. The van der Waals surface area contributed by atoms with Crippen LogP contribution in [0.4, 0.5) is 13.2 Å². The third kappa shape index (κ3) is 7.35. The van der Waals surface area contributed by atoms with Gasteiger partial charge in [-0.2, -0.15) is 23.3 Å². The molecule has 0 amide bonds. The summed E-state index contributed by atoms with van der Waals surface area (Å²) in [5.41, 5.74) is 1.18. The molecule has 9 nitrogen and oxygen atoms in total. The zero-order valence-corrected chi connectivity index (χ0v) is 24.4. The molecule has 2 aromatic heterocycles. The summed E-state index contributed by atoms with van der Waals surface area (Å²) >= 11 is 0. The number of methoxy groups -OCH3 is 1. The maximum atomic E-state index is 13.7. The number of esters is 1. The molecular weight excluding hydrogens is 553 g/mol. The Morgan fingerprint density at radius 3 is 2.67 bits per heavy atom. The van der Waals surface area contributed by atoms with Gasteiger partial charge in [0.2, 0.25) is 0 Å². The van der Waals surface area contributed by atoms with Crippen LogP contribution in [0.25, 0.3) is 23.2 Å². The van der Waals surface area contributed by atoms with E-state index in [1.165, 1.54) is 24.1 Å². The lowest BCUT2D eigenvalue weighted by Crippen LogP contribution is -2.44. The van der Waals surface area contributed by atoms with Crippen molar-refractivity contribution in [3.8, 4) is 23.1 Å². The van der Waals surface area contributed by atoms with Gasteiger partial charge >= 0.3 is 18.2 Å². The molecule has 0 aliphatic carbocycles. The summed E-state index contributed by atoms with van der Waals surface area (Å²) in [6.45, 7) is 9.43. The highest BCUT2D eigenvalue weighted by Crippen LogP contribution is 2.38. The number of ether oxygens (including phenoxy) is 4. The molecule has 0 spiro atoms. The predicted octanol–water partition coefficient (Wildman–Crippen LogP) is 6.36. The highest BCUT2D eigenvalue weighted by molar-refractivity contribution is 5.76. The summed E-state index contributed by atoms with van der Waals surface area (Å²) in [6, 6.07) is 6.78. The second kappa shape index (κ2) is 12.6. The first kappa shape index (κ1) is 31.2. The van der Waals surface area contributed by atoms with Gasteiger partial charge in [0.15, 0.2) is 11.6 Å². The number of nitrogens with zero attached hydrogens (tertiary/aromatic N) is 4. The zero-order valence-electron chi connectivity index (χ0n) is 24.4. The van der Waals surface area contributed by atoms with Crippen molar-refractivity contribution in [1.82, 2.24) is 19.7 Å². The second-order valence-corrected chi connectivity index (χ2v) is 10.6. The van der Waals surface area contributed by atoms with Gasteiger partial charge in [-0.25, -0.2) is 9.67 Å². The molecular formula is C30H35F3N4O5. The van der Waals surface area contributed by atoms with E-state index in [2.05, 4.69) is 9.97 Å². The molecule has 0 radical (unpaired) electrons. The van der Waals surface area contributed by atoms with Crippen LogP contribution in [0.15, 0.2) is 42.6 Å². The number of aromatic nitrogens is 4. The number of hydrogen-bond donors (Lipinski definition) is 0. The Hall–Kier alpha value is -3.77. The maximum Gasteiger partial charge on any atom is 0.416 e. The van der Waals surface area contributed by atoms with E-state index in [-0.39, 0.29) is 30.9 Å². The molecule has 0 saturated carbocycles. The van der Waals surface area contributed by atoms with E-state index in [4.69, 9.17) is 24.0 Å². The lowest BCUT2D eigenvalue weighted by atomic mass is 9.97. The fourth-order valence-corrected chi connectivity index (χ4v) is 4.87. The fourth-order valence-electron chi connectivity index (χ4n) is 4.87. The van der Waals surface area contributed by atoms with Crippen LogP contribution in [0.2, 0.25) is 0 Å². The van der Waals surface area contributed by atoms with Crippen molar-refractivity contribution in [2.75, 3.05) is 13.7 Å². The minimum absolute atomic E-state index is 0.0746. The summed E-state index contributed by atoms with van der Waals surface area (Å²) in [7, 11) is 1.42. The first-order valence-electron chi connectivity index (χ1n) is 13.7. The van der Waals surface area contributed by atoms with Crippen LogP contribution in [0, 0.1) is 0 Å². The van der Waals surface area contributed by atoms with Crippen molar-refractivity contribution in [2.24, 2.45) is 0 Å². The fraction of sp³-hybridized carbons (Fsp3) is 0.467. The lowest BCUT2D eigenvalue weighted by molar-refractivity contribution is -0.290. The van der Waals surface area contributed by atoms with Gasteiger partial charge in [0.25, 0.3) is 0 Å². The summed E-state index contributed by atoms with van der Waals surface area (Å²) < 4.78 is 65.1. The number of hydrogen-bond acceptors (Lipinski definition) is 8. The minimum atomic E-state index is -4.54. The van der Waals surface area contributed by atoms with Gasteiger partial charge in [-0.15, -0.1) is 0 Å². The quantitative estimate of drug-likeness (QED) is 0.267. The maximum absolute atomic E-state index is 13.7. The topological polar surface area (TPSA) is 97.6 Å². The van der Waals surface area contributed by atoms with E-state index >= 15 is 0 Å². The molecule has 226 valence electrons. The van der Waals surface area contributed by atoms with Gasteiger partial charge in [0, 0.05) is 29.8 Å². The van der Waals surface area contributed by atoms with Crippen LogP contribution in [0.1, 0.15) is 70.2 Å².